The summed E-state index contributed by atoms with van der Waals surface area (Å²) >= 11 is 0. The quantitative estimate of drug-likeness (QED) is 0.112. The molecule has 0 heterocycles. The fourth-order valence-corrected chi connectivity index (χ4v) is 7.77. The number of carbonyl (C=O) groups excluding carboxylic acids is 2. The number of nitrogens with two attached hydrogens (primary N) is 1. The van der Waals surface area contributed by atoms with Crippen molar-refractivity contribution in [3.63, 3.8) is 0 Å². The van der Waals surface area contributed by atoms with E-state index in [0.29, 0.717) is 19.4 Å². The largest absolute Gasteiger partial charge is 0.309 e. The summed E-state index contributed by atoms with van der Waals surface area (Å²) < 4.78 is 27.0. The van der Waals surface area contributed by atoms with Gasteiger partial charge in [-0.3, -0.25) is 20.2 Å². The highest BCUT2D eigenvalue weighted by molar-refractivity contribution is 7.92. The minimum Gasteiger partial charge on any atom is -0.309 e. The number of benzene rings is 1. The van der Waals surface area contributed by atoms with Crippen LogP contribution in [0, 0.1) is 23.7 Å². The number of sulfone groups is 1. The zero-order valence-corrected chi connectivity index (χ0v) is 23.5. The van der Waals surface area contributed by atoms with E-state index in [0.717, 1.165) is 5.56 Å². The van der Waals surface area contributed by atoms with Gasteiger partial charge in [0.2, 0.25) is 11.8 Å². The van der Waals surface area contributed by atoms with Crippen molar-refractivity contribution in [2.24, 2.45) is 29.5 Å². The van der Waals surface area contributed by atoms with E-state index in [1.54, 1.807) is 5.48 Å². The average molecular weight is 527 g/mol. The Kier molecular flexibility index (Phi) is 13.0. The Morgan fingerprint density at radius 2 is 1.67 bits per heavy atom. The summed E-state index contributed by atoms with van der Waals surface area (Å²) in [6.07, 6.45) is 1.30. The van der Waals surface area contributed by atoms with E-state index in [-0.39, 0.29) is 36.9 Å². The number of amides is 2. The Morgan fingerprint density at radius 1 is 1.06 bits per heavy atom. The minimum atomic E-state index is -3.94. The molecule has 0 aliphatic carbocycles. The number of hydroxylamine groups is 1. The van der Waals surface area contributed by atoms with E-state index >= 15 is 0 Å². The van der Waals surface area contributed by atoms with Crippen molar-refractivity contribution in [2.45, 2.75) is 64.5 Å². The molecule has 10 heteroatoms. The summed E-state index contributed by atoms with van der Waals surface area (Å²) in [5, 5.41) is 9.78. The van der Waals surface area contributed by atoms with Crippen LogP contribution in [0.1, 0.15) is 58.9 Å². The van der Waals surface area contributed by atoms with Crippen LogP contribution in [-0.2, 0) is 25.8 Å². The summed E-state index contributed by atoms with van der Waals surface area (Å²) in [5.41, 5.74) is 4.76. The molecule has 0 aromatic heterocycles. The van der Waals surface area contributed by atoms with E-state index in [9.17, 15) is 23.2 Å². The first-order valence-electron chi connectivity index (χ1n) is 12.7. The molecule has 1 aromatic rings. The highest BCUT2D eigenvalue weighted by Crippen LogP contribution is 2.44. The van der Waals surface area contributed by atoms with Crippen LogP contribution in [0.25, 0.3) is 0 Å². The van der Waals surface area contributed by atoms with Gasteiger partial charge in [0.15, 0.2) is 9.84 Å². The predicted molar refractivity (Wildman–Crippen MR) is 143 cm³/mol. The predicted octanol–water partition coefficient (Wildman–Crippen LogP) is 2.54. The van der Waals surface area contributed by atoms with Crippen molar-refractivity contribution in [1.29, 1.82) is 0 Å². The molecule has 0 fully saturated rings. The third-order valence-corrected chi connectivity index (χ3v) is 9.33. The fourth-order valence-electron chi connectivity index (χ4n) is 5.19. The second kappa shape index (κ2) is 14.7. The standard InChI is InChI=1S/C26H46N4O5S/c1-19(2)17-22(24(31)28-27)23(25(32)29-33)26(18-20(3)4,14-13-21-11-8-7-9-12-21)36(34,35)16-10-15-30(5)6/h7-9,11-12,19-20,22-23,33H,10,13-18,27H2,1-6H3,(H,28,31)(H,29,32)/t22-,23+,26?/m1/s1. The smallest absolute Gasteiger partial charge is 0.248 e. The number of aryl methyl sites for hydroxylation is 1. The van der Waals surface area contributed by atoms with Gasteiger partial charge in [-0.15, -0.1) is 0 Å². The van der Waals surface area contributed by atoms with E-state index in [4.69, 9.17) is 5.84 Å². The molecule has 1 aromatic carbocycles. The molecule has 206 valence electrons. The Morgan fingerprint density at radius 3 is 2.14 bits per heavy atom. The van der Waals surface area contributed by atoms with Gasteiger partial charge in [-0.1, -0.05) is 58.0 Å². The van der Waals surface area contributed by atoms with Crippen LogP contribution in [0.15, 0.2) is 30.3 Å². The Hall–Kier alpha value is -2.01. The molecule has 5 N–H and O–H groups in total. The molecule has 0 saturated heterocycles. The van der Waals surface area contributed by atoms with Crippen LogP contribution in [0.3, 0.4) is 0 Å². The van der Waals surface area contributed by atoms with Gasteiger partial charge in [-0.2, -0.15) is 0 Å². The van der Waals surface area contributed by atoms with Crippen LogP contribution in [-0.4, -0.2) is 61.5 Å². The molecular formula is C26H46N4O5S. The lowest BCUT2D eigenvalue weighted by Gasteiger charge is -2.43. The lowest BCUT2D eigenvalue weighted by atomic mass is 9.71. The monoisotopic (exact) mass is 526 g/mol. The average Bonchev–Trinajstić information content (AvgIpc) is 2.80. The van der Waals surface area contributed by atoms with Gasteiger partial charge in [-0.25, -0.2) is 19.7 Å². The van der Waals surface area contributed by atoms with Crippen molar-refractivity contribution >= 4 is 21.7 Å². The van der Waals surface area contributed by atoms with E-state index in [1.165, 1.54) is 0 Å². The number of nitrogens with zero attached hydrogens (tertiary/aromatic N) is 1. The maximum Gasteiger partial charge on any atom is 0.248 e. The Labute approximate surface area is 217 Å². The fraction of sp³-hybridized carbons (Fsp3) is 0.692. The number of hydrogen-bond acceptors (Lipinski definition) is 7. The third kappa shape index (κ3) is 8.83. The zero-order valence-electron chi connectivity index (χ0n) is 22.7. The summed E-state index contributed by atoms with van der Waals surface area (Å²) in [5.74, 6) is 1.38. The van der Waals surface area contributed by atoms with E-state index < -0.39 is 38.2 Å². The molecule has 0 spiro atoms. The van der Waals surface area contributed by atoms with Gasteiger partial charge in [0.1, 0.15) is 0 Å². The molecule has 0 bridgehead atoms. The third-order valence-electron chi connectivity index (χ3n) is 6.64. The van der Waals surface area contributed by atoms with Gasteiger partial charge in [0.25, 0.3) is 0 Å². The maximum absolute atomic E-state index is 14.3. The SMILES string of the molecule is CC(C)C[C@@H](C(=O)NN)[C@@H](C(=O)NO)C(CCc1ccccc1)(CC(C)C)S(=O)(=O)CCCN(C)C. The second-order valence-electron chi connectivity index (χ2n) is 10.8. The first kappa shape index (κ1) is 32.0. The van der Waals surface area contributed by atoms with Crippen molar-refractivity contribution in [3.8, 4) is 0 Å². The van der Waals surface area contributed by atoms with Gasteiger partial charge < -0.3 is 4.90 Å². The highest BCUT2D eigenvalue weighted by atomic mass is 32.2. The second-order valence-corrected chi connectivity index (χ2v) is 13.3. The number of carbonyl (C=O) groups is 2. The molecule has 36 heavy (non-hydrogen) atoms. The van der Waals surface area contributed by atoms with Gasteiger partial charge in [0, 0.05) is 0 Å². The lowest BCUT2D eigenvalue weighted by Crippen LogP contribution is -2.59. The van der Waals surface area contributed by atoms with Crippen LogP contribution >= 0.6 is 0 Å². The Bertz CT molecular complexity index is 922. The normalized spacial score (nSPS) is 15.5. The summed E-state index contributed by atoms with van der Waals surface area (Å²) in [4.78, 5) is 28.3. The van der Waals surface area contributed by atoms with Crippen molar-refractivity contribution in [1.82, 2.24) is 15.8 Å². The summed E-state index contributed by atoms with van der Waals surface area (Å²) in [6, 6.07) is 9.48. The van der Waals surface area contributed by atoms with Gasteiger partial charge in [-0.05, 0) is 70.1 Å². The summed E-state index contributed by atoms with van der Waals surface area (Å²) in [6.45, 7) is 8.15. The lowest BCUT2D eigenvalue weighted by molar-refractivity contribution is -0.143. The molecule has 0 aliphatic rings. The molecule has 3 atom stereocenters. The molecule has 1 rings (SSSR count). The number of hydrazine groups is 1. The zero-order chi connectivity index (χ0) is 27.5. The molecular weight excluding hydrogens is 480 g/mol. The molecule has 2 amide bonds. The topological polar surface area (TPSA) is 142 Å². The van der Waals surface area contributed by atoms with E-state index in [1.807, 2.05) is 77.0 Å². The van der Waals surface area contributed by atoms with Crippen LogP contribution in [0.4, 0.5) is 0 Å². The van der Waals surface area contributed by atoms with Crippen molar-refractivity contribution in [2.75, 3.05) is 26.4 Å². The number of hydrogen-bond donors (Lipinski definition) is 4. The highest BCUT2D eigenvalue weighted by Gasteiger charge is 2.56. The molecule has 0 saturated carbocycles. The first-order chi connectivity index (χ1) is 16.8. The first-order valence-corrected chi connectivity index (χ1v) is 14.3. The van der Waals surface area contributed by atoms with E-state index in [2.05, 4.69) is 5.43 Å². The molecule has 9 nitrogen and oxygen atoms in total. The van der Waals surface area contributed by atoms with Crippen LogP contribution in [0.5, 0.6) is 0 Å². The van der Waals surface area contributed by atoms with Crippen molar-refractivity contribution < 1.29 is 23.2 Å². The number of nitrogens with one attached hydrogen (secondary N) is 2. The minimum absolute atomic E-state index is 0.0244. The maximum atomic E-state index is 14.3. The summed E-state index contributed by atoms with van der Waals surface area (Å²) in [7, 11) is -0.200. The van der Waals surface area contributed by atoms with Crippen molar-refractivity contribution in [3.05, 3.63) is 35.9 Å². The van der Waals surface area contributed by atoms with Gasteiger partial charge >= 0.3 is 0 Å². The Balaban J connectivity index is 3.84. The van der Waals surface area contributed by atoms with Crippen LogP contribution in [0.2, 0.25) is 0 Å². The molecule has 0 radical (unpaired) electrons. The van der Waals surface area contributed by atoms with Gasteiger partial charge in [0.05, 0.1) is 22.3 Å². The van der Waals surface area contributed by atoms with Crippen LogP contribution < -0.4 is 16.7 Å². The molecule has 1 unspecified atom stereocenters. The molecule has 0 aliphatic heterocycles. The number of rotatable bonds is 16.